The first kappa shape index (κ1) is 11.3. The van der Waals surface area contributed by atoms with Gasteiger partial charge in [0.25, 0.3) is 0 Å². The number of hydrazine groups is 1. The van der Waals surface area contributed by atoms with Crippen molar-refractivity contribution in [2.45, 2.75) is 18.5 Å². The molecule has 3 rings (SSSR count). The molecule has 0 radical (unpaired) electrons. The molecule has 0 saturated carbocycles. The minimum atomic E-state index is -0.200. The lowest BCUT2D eigenvalue weighted by Crippen LogP contribution is -2.26. The molecule has 0 aliphatic carbocycles. The van der Waals surface area contributed by atoms with Crippen molar-refractivity contribution in [3.05, 3.63) is 65.7 Å². The van der Waals surface area contributed by atoms with Crippen LogP contribution in [0.5, 0.6) is 0 Å². The molecular formula is C14H14FN3. The van der Waals surface area contributed by atoms with Gasteiger partial charge in [-0.15, -0.1) is 0 Å². The molecule has 92 valence electrons. The van der Waals surface area contributed by atoms with Gasteiger partial charge in [-0.2, -0.15) is 0 Å². The van der Waals surface area contributed by atoms with E-state index in [1.165, 1.54) is 12.1 Å². The zero-order chi connectivity index (χ0) is 12.4. The van der Waals surface area contributed by atoms with Crippen LogP contribution in [0.1, 0.15) is 29.6 Å². The molecule has 1 aromatic heterocycles. The van der Waals surface area contributed by atoms with Gasteiger partial charge in [0.05, 0.1) is 0 Å². The molecule has 1 aromatic carbocycles. The maximum absolute atomic E-state index is 12.9. The van der Waals surface area contributed by atoms with Crippen molar-refractivity contribution in [1.29, 1.82) is 0 Å². The lowest BCUT2D eigenvalue weighted by Gasteiger charge is -2.09. The van der Waals surface area contributed by atoms with Crippen LogP contribution >= 0.6 is 0 Å². The number of nitrogens with one attached hydrogen (secondary N) is 2. The van der Waals surface area contributed by atoms with Crippen molar-refractivity contribution < 1.29 is 4.39 Å². The fourth-order valence-corrected chi connectivity index (χ4v) is 2.27. The van der Waals surface area contributed by atoms with Crippen LogP contribution in [-0.4, -0.2) is 4.98 Å². The van der Waals surface area contributed by atoms with E-state index >= 15 is 0 Å². The molecule has 1 aliphatic rings. The lowest BCUT2D eigenvalue weighted by atomic mass is 9.99. The summed E-state index contributed by atoms with van der Waals surface area (Å²) in [6, 6.07) is 11.1. The minimum absolute atomic E-state index is 0.200. The Morgan fingerprint density at radius 3 is 2.39 bits per heavy atom. The highest BCUT2D eigenvalue weighted by molar-refractivity contribution is 5.23. The second-order valence-corrected chi connectivity index (χ2v) is 4.47. The highest BCUT2D eigenvalue weighted by Gasteiger charge is 2.25. The van der Waals surface area contributed by atoms with E-state index in [0.717, 1.165) is 17.5 Å². The molecular weight excluding hydrogens is 229 g/mol. The van der Waals surface area contributed by atoms with Crippen molar-refractivity contribution in [2.75, 3.05) is 0 Å². The monoisotopic (exact) mass is 243 g/mol. The lowest BCUT2D eigenvalue weighted by molar-refractivity contribution is 0.553. The van der Waals surface area contributed by atoms with E-state index in [-0.39, 0.29) is 17.9 Å². The Kier molecular flexibility index (Phi) is 3.04. The first-order valence-corrected chi connectivity index (χ1v) is 5.99. The van der Waals surface area contributed by atoms with Crippen molar-refractivity contribution in [3.8, 4) is 0 Å². The summed E-state index contributed by atoms with van der Waals surface area (Å²) in [5.74, 6) is -0.200. The fraction of sp³-hybridized carbons (Fsp3) is 0.214. The van der Waals surface area contributed by atoms with Crippen LogP contribution in [0, 0.1) is 5.82 Å². The zero-order valence-electron chi connectivity index (χ0n) is 9.81. The molecule has 2 atom stereocenters. The normalized spacial score (nSPS) is 23.2. The van der Waals surface area contributed by atoms with Gasteiger partial charge < -0.3 is 0 Å². The van der Waals surface area contributed by atoms with Crippen LogP contribution < -0.4 is 10.9 Å². The van der Waals surface area contributed by atoms with Gasteiger partial charge >= 0.3 is 0 Å². The maximum Gasteiger partial charge on any atom is 0.123 e. The first-order valence-electron chi connectivity index (χ1n) is 5.99. The highest BCUT2D eigenvalue weighted by Crippen LogP contribution is 2.30. The SMILES string of the molecule is Fc1ccc(C2CC(c3cccnc3)NN2)cc1. The Labute approximate surface area is 105 Å². The number of hydrogen-bond donors (Lipinski definition) is 2. The summed E-state index contributed by atoms with van der Waals surface area (Å²) in [6.07, 6.45) is 4.56. The molecule has 2 N–H and O–H groups in total. The highest BCUT2D eigenvalue weighted by atomic mass is 19.1. The summed E-state index contributed by atoms with van der Waals surface area (Å²) >= 11 is 0. The number of aromatic nitrogens is 1. The van der Waals surface area contributed by atoms with Crippen LogP contribution in [0.25, 0.3) is 0 Å². The molecule has 18 heavy (non-hydrogen) atoms. The summed E-state index contributed by atoms with van der Waals surface area (Å²) in [6.45, 7) is 0. The summed E-state index contributed by atoms with van der Waals surface area (Å²) in [5.41, 5.74) is 8.75. The van der Waals surface area contributed by atoms with E-state index in [4.69, 9.17) is 0 Å². The van der Waals surface area contributed by atoms with Crippen molar-refractivity contribution >= 4 is 0 Å². The molecule has 1 aliphatic heterocycles. The van der Waals surface area contributed by atoms with Gasteiger partial charge in [0.15, 0.2) is 0 Å². The molecule has 4 heteroatoms. The van der Waals surface area contributed by atoms with E-state index in [2.05, 4.69) is 21.9 Å². The minimum Gasteiger partial charge on any atom is -0.264 e. The second-order valence-electron chi connectivity index (χ2n) is 4.47. The topological polar surface area (TPSA) is 37.0 Å². The molecule has 0 amide bonds. The van der Waals surface area contributed by atoms with E-state index in [1.54, 1.807) is 6.20 Å². The van der Waals surface area contributed by atoms with Gasteiger partial charge in [-0.1, -0.05) is 18.2 Å². The van der Waals surface area contributed by atoms with Crippen LogP contribution in [0.2, 0.25) is 0 Å². The van der Waals surface area contributed by atoms with Gasteiger partial charge in [-0.25, -0.2) is 15.2 Å². The molecule has 1 fully saturated rings. The van der Waals surface area contributed by atoms with Crippen LogP contribution in [-0.2, 0) is 0 Å². The van der Waals surface area contributed by atoms with Gasteiger partial charge in [-0.3, -0.25) is 4.98 Å². The number of pyridine rings is 1. The zero-order valence-corrected chi connectivity index (χ0v) is 9.81. The fourth-order valence-electron chi connectivity index (χ4n) is 2.27. The maximum atomic E-state index is 12.9. The molecule has 2 heterocycles. The molecule has 2 unspecified atom stereocenters. The summed E-state index contributed by atoms with van der Waals surface area (Å²) in [7, 11) is 0. The van der Waals surface area contributed by atoms with Crippen LogP contribution in [0.4, 0.5) is 4.39 Å². The predicted octanol–water partition coefficient (Wildman–Crippen LogP) is 2.50. The van der Waals surface area contributed by atoms with E-state index in [1.807, 2.05) is 24.4 Å². The third-order valence-corrected chi connectivity index (χ3v) is 3.26. The second kappa shape index (κ2) is 4.84. The van der Waals surface area contributed by atoms with Crippen LogP contribution in [0.3, 0.4) is 0 Å². The summed E-state index contributed by atoms with van der Waals surface area (Å²) < 4.78 is 12.9. The van der Waals surface area contributed by atoms with Crippen LogP contribution in [0.15, 0.2) is 48.8 Å². The average molecular weight is 243 g/mol. The molecule has 0 spiro atoms. The third kappa shape index (κ3) is 2.25. The first-order chi connectivity index (χ1) is 8.83. The Balaban J connectivity index is 1.74. The van der Waals surface area contributed by atoms with Crippen molar-refractivity contribution in [2.24, 2.45) is 0 Å². The quantitative estimate of drug-likeness (QED) is 0.851. The van der Waals surface area contributed by atoms with Crippen molar-refractivity contribution in [3.63, 3.8) is 0 Å². The standard InChI is InChI=1S/C14H14FN3/c15-12-5-3-10(4-6-12)13-8-14(18-17-13)11-2-1-7-16-9-11/h1-7,9,13-14,17-18H,8H2. The third-order valence-electron chi connectivity index (χ3n) is 3.26. The largest absolute Gasteiger partial charge is 0.264 e. The van der Waals surface area contributed by atoms with Gasteiger partial charge in [0.2, 0.25) is 0 Å². The Bertz CT molecular complexity index is 512. The average Bonchev–Trinajstić information content (AvgIpc) is 2.90. The number of nitrogens with zero attached hydrogens (tertiary/aromatic N) is 1. The van der Waals surface area contributed by atoms with Gasteiger partial charge in [0.1, 0.15) is 5.82 Å². The molecule has 3 nitrogen and oxygen atoms in total. The number of benzene rings is 1. The number of rotatable bonds is 2. The molecule has 2 aromatic rings. The smallest absolute Gasteiger partial charge is 0.123 e. The van der Waals surface area contributed by atoms with Gasteiger partial charge in [0, 0.05) is 24.5 Å². The predicted molar refractivity (Wildman–Crippen MR) is 67.0 cm³/mol. The van der Waals surface area contributed by atoms with E-state index in [9.17, 15) is 4.39 Å². The number of halogens is 1. The molecule has 1 saturated heterocycles. The van der Waals surface area contributed by atoms with Crippen molar-refractivity contribution in [1.82, 2.24) is 15.8 Å². The molecule has 0 bridgehead atoms. The summed E-state index contributed by atoms with van der Waals surface area (Å²) in [5, 5.41) is 0. The number of hydrogen-bond acceptors (Lipinski definition) is 3. The van der Waals surface area contributed by atoms with E-state index < -0.39 is 0 Å². The van der Waals surface area contributed by atoms with Gasteiger partial charge in [-0.05, 0) is 35.7 Å². The summed E-state index contributed by atoms with van der Waals surface area (Å²) in [4.78, 5) is 4.12. The Morgan fingerprint density at radius 1 is 1.00 bits per heavy atom. The van der Waals surface area contributed by atoms with E-state index in [0.29, 0.717) is 0 Å². The Morgan fingerprint density at radius 2 is 1.72 bits per heavy atom. The Hall–Kier alpha value is -1.78.